The Kier molecular flexibility index (Phi) is 4.67. The summed E-state index contributed by atoms with van der Waals surface area (Å²) in [5.74, 6) is 0.568. The number of hydrogen-bond donors (Lipinski definition) is 1. The molecule has 1 N–H and O–H groups in total. The molecule has 8 nitrogen and oxygen atoms in total. The molecular weight excluding hydrogens is 262 g/mol. The number of nitro groups is 1. The minimum atomic E-state index is -0.445. The standard InChI is InChI=1S/C12H19N5O3/c1-3-16(7-9-5-4-6-20-9)12-10(17(18)19)11(13-2)14-8-15-12/h8-9H,3-7H2,1-2H3,(H,13,14,15). The van der Waals surface area contributed by atoms with Crippen LogP contribution in [0.2, 0.25) is 0 Å². The number of rotatable bonds is 6. The molecule has 1 aromatic heterocycles. The van der Waals surface area contributed by atoms with Crippen LogP contribution in [0.4, 0.5) is 17.3 Å². The summed E-state index contributed by atoms with van der Waals surface area (Å²) < 4.78 is 5.59. The molecule has 1 fully saturated rings. The fourth-order valence-electron chi connectivity index (χ4n) is 2.35. The van der Waals surface area contributed by atoms with E-state index in [1.165, 1.54) is 6.33 Å². The van der Waals surface area contributed by atoms with E-state index in [4.69, 9.17) is 4.74 Å². The van der Waals surface area contributed by atoms with E-state index in [1.807, 2.05) is 11.8 Å². The van der Waals surface area contributed by atoms with Gasteiger partial charge in [-0.2, -0.15) is 0 Å². The number of ether oxygens (including phenoxy) is 1. The van der Waals surface area contributed by atoms with Crippen LogP contribution in [0.1, 0.15) is 19.8 Å². The molecule has 8 heteroatoms. The second-order valence-corrected chi connectivity index (χ2v) is 4.58. The van der Waals surface area contributed by atoms with Gasteiger partial charge in [0.05, 0.1) is 11.0 Å². The van der Waals surface area contributed by atoms with Crippen molar-refractivity contribution in [3.8, 4) is 0 Å². The predicted octanol–water partition coefficient (Wildman–Crippen LogP) is 1.43. The quantitative estimate of drug-likeness (QED) is 0.622. The van der Waals surface area contributed by atoms with Gasteiger partial charge >= 0.3 is 5.69 Å². The van der Waals surface area contributed by atoms with E-state index < -0.39 is 4.92 Å². The number of likely N-dealkylation sites (N-methyl/N-ethyl adjacent to an activating group) is 1. The minimum Gasteiger partial charge on any atom is -0.376 e. The molecule has 0 radical (unpaired) electrons. The topological polar surface area (TPSA) is 93.4 Å². The van der Waals surface area contributed by atoms with E-state index in [9.17, 15) is 10.1 Å². The summed E-state index contributed by atoms with van der Waals surface area (Å²) in [6.07, 6.45) is 3.47. The van der Waals surface area contributed by atoms with Gasteiger partial charge in [0.15, 0.2) is 0 Å². The molecule has 0 saturated carbocycles. The van der Waals surface area contributed by atoms with Crippen LogP contribution in [0.15, 0.2) is 6.33 Å². The average Bonchev–Trinajstić information content (AvgIpc) is 2.96. The fraction of sp³-hybridized carbons (Fsp3) is 0.667. The molecular formula is C12H19N5O3. The first-order chi connectivity index (χ1) is 9.67. The highest BCUT2D eigenvalue weighted by Gasteiger charge is 2.28. The molecule has 110 valence electrons. The first kappa shape index (κ1) is 14.4. The summed E-state index contributed by atoms with van der Waals surface area (Å²) in [7, 11) is 1.61. The molecule has 2 rings (SSSR count). The Morgan fingerprint density at radius 2 is 2.40 bits per heavy atom. The maximum absolute atomic E-state index is 11.3. The lowest BCUT2D eigenvalue weighted by Gasteiger charge is -2.24. The SMILES string of the molecule is CCN(CC1CCCO1)c1ncnc(NC)c1[N+](=O)[O-]. The molecule has 1 aliphatic heterocycles. The van der Waals surface area contributed by atoms with E-state index in [0.717, 1.165) is 19.4 Å². The highest BCUT2D eigenvalue weighted by molar-refractivity contribution is 5.70. The Hall–Kier alpha value is -1.96. The Morgan fingerprint density at radius 1 is 1.60 bits per heavy atom. The van der Waals surface area contributed by atoms with E-state index >= 15 is 0 Å². The van der Waals surface area contributed by atoms with Crippen molar-refractivity contribution in [2.45, 2.75) is 25.9 Å². The second kappa shape index (κ2) is 6.47. The van der Waals surface area contributed by atoms with Crippen molar-refractivity contribution < 1.29 is 9.66 Å². The summed E-state index contributed by atoms with van der Waals surface area (Å²) in [6.45, 7) is 3.94. The highest BCUT2D eigenvalue weighted by atomic mass is 16.6. The molecule has 0 spiro atoms. The van der Waals surface area contributed by atoms with Crippen LogP contribution in [0.25, 0.3) is 0 Å². The zero-order chi connectivity index (χ0) is 14.5. The molecule has 1 saturated heterocycles. The van der Waals surface area contributed by atoms with Gasteiger partial charge in [-0.05, 0) is 19.8 Å². The van der Waals surface area contributed by atoms with Gasteiger partial charge in [0.25, 0.3) is 0 Å². The second-order valence-electron chi connectivity index (χ2n) is 4.58. The monoisotopic (exact) mass is 281 g/mol. The molecule has 0 aliphatic carbocycles. The van der Waals surface area contributed by atoms with Crippen molar-refractivity contribution in [3.05, 3.63) is 16.4 Å². The number of nitrogens with zero attached hydrogens (tertiary/aromatic N) is 4. The third-order valence-corrected chi connectivity index (χ3v) is 3.35. The number of aromatic nitrogens is 2. The molecule has 1 unspecified atom stereocenters. The summed E-state index contributed by atoms with van der Waals surface area (Å²) >= 11 is 0. The molecule has 1 atom stereocenters. The molecule has 0 aromatic carbocycles. The summed E-state index contributed by atoms with van der Waals surface area (Å²) in [5.41, 5.74) is -0.0881. The summed E-state index contributed by atoms with van der Waals surface area (Å²) in [5, 5.41) is 14.0. The van der Waals surface area contributed by atoms with Gasteiger partial charge in [-0.3, -0.25) is 10.1 Å². The average molecular weight is 281 g/mol. The third-order valence-electron chi connectivity index (χ3n) is 3.35. The zero-order valence-corrected chi connectivity index (χ0v) is 11.7. The van der Waals surface area contributed by atoms with E-state index in [-0.39, 0.29) is 17.6 Å². The molecule has 0 amide bonds. The minimum absolute atomic E-state index is 0.0881. The molecule has 20 heavy (non-hydrogen) atoms. The zero-order valence-electron chi connectivity index (χ0n) is 11.7. The van der Waals surface area contributed by atoms with Gasteiger partial charge in [-0.25, -0.2) is 9.97 Å². The van der Waals surface area contributed by atoms with E-state index in [2.05, 4.69) is 15.3 Å². The Balaban J connectivity index is 2.30. The van der Waals surface area contributed by atoms with Crippen LogP contribution in [0.3, 0.4) is 0 Å². The smallest absolute Gasteiger partial charge is 0.353 e. The first-order valence-corrected chi connectivity index (χ1v) is 6.71. The predicted molar refractivity (Wildman–Crippen MR) is 75.1 cm³/mol. The first-order valence-electron chi connectivity index (χ1n) is 6.71. The Bertz CT molecular complexity index is 476. The van der Waals surface area contributed by atoms with Crippen molar-refractivity contribution >= 4 is 17.3 Å². The maximum Gasteiger partial charge on any atom is 0.353 e. The molecule has 1 aromatic rings. The maximum atomic E-state index is 11.3. The molecule has 2 heterocycles. The van der Waals surface area contributed by atoms with Crippen LogP contribution in [-0.2, 0) is 4.74 Å². The third kappa shape index (κ3) is 2.96. The van der Waals surface area contributed by atoms with Gasteiger partial charge in [0.1, 0.15) is 6.33 Å². The normalized spacial score (nSPS) is 18.0. The number of anilines is 2. The van der Waals surface area contributed by atoms with Crippen LogP contribution >= 0.6 is 0 Å². The van der Waals surface area contributed by atoms with E-state index in [1.54, 1.807) is 7.05 Å². The van der Waals surface area contributed by atoms with Crippen LogP contribution < -0.4 is 10.2 Å². The van der Waals surface area contributed by atoms with Gasteiger partial charge in [-0.15, -0.1) is 0 Å². The fourth-order valence-corrected chi connectivity index (χ4v) is 2.35. The largest absolute Gasteiger partial charge is 0.376 e. The van der Waals surface area contributed by atoms with Crippen LogP contribution in [0, 0.1) is 10.1 Å². The van der Waals surface area contributed by atoms with Crippen molar-refractivity contribution in [2.24, 2.45) is 0 Å². The van der Waals surface area contributed by atoms with Gasteiger partial charge < -0.3 is 15.0 Å². The van der Waals surface area contributed by atoms with Crippen molar-refractivity contribution in [1.29, 1.82) is 0 Å². The van der Waals surface area contributed by atoms with Crippen molar-refractivity contribution in [2.75, 3.05) is 37.0 Å². The van der Waals surface area contributed by atoms with Crippen LogP contribution in [-0.4, -0.2) is 47.7 Å². The Labute approximate surface area is 117 Å². The van der Waals surface area contributed by atoms with E-state index in [0.29, 0.717) is 18.9 Å². The van der Waals surface area contributed by atoms with Gasteiger partial charge in [0.2, 0.25) is 11.6 Å². The van der Waals surface area contributed by atoms with Crippen LogP contribution in [0.5, 0.6) is 0 Å². The molecule has 0 bridgehead atoms. The lowest BCUT2D eigenvalue weighted by Crippen LogP contribution is -2.33. The van der Waals surface area contributed by atoms with Crippen molar-refractivity contribution in [3.63, 3.8) is 0 Å². The summed E-state index contributed by atoms with van der Waals surface area (Å²) in [4.78, 5) is 20.7. The summed E-state index contributed by atoms with van der Waals surface area (Å²) in [6, 6.07) is 0. The lowest BCUT2D eigenvalue weighted by atomic mass is 10.2. The van der Waals surface area contributed by atoms with Gasteiger partial charge in [0, 0.05) is 26.7 Å². The number of nitrogens with one attached hydrogen (secondary N) is 1. The Morgan fingerprint density at radius 3 is 2.95 bits per heavy atom. The van der Waals surface area contributed by atoms with Crippen molar-refractivity contribution in [1.82, 2.24) is 9.97 Å². The lowest BCUT2D eigenvalue weighted by molar-refractivity contribution is -0.383. The molecule has 1 aliphatic rings. The number of hydrogen-bond acceptors (Lipinski definition) is 7. The highest BCUT2D eigenvalue weighted by Crippen LogP contribution is 2.32. The van der Waals surface area contributed by atoms with Gasteiger partial charge in [-0.1, -0.05) is 0 Å².